The summed E-state index contributed by atoms with van der Waals surface area (Å²) in [6.45, 7) is 4.74. The highest BCUT2D eigenvalue weighted by atomic mass is 32.1. The van der Waals surface area contributed by atoms with E-state index in [1.165, 1.54) is 11.3 Å². The molecular formula is C18H18N2O2S. The lowest BCUT2D eigenvalue weighted by atomic mass is 10.0. The highest BCUT2D eigenvalue weighted by Crippen LogP contribution is 2.19. The molecule has 5 heteroatoms. The molecule has 1 atom stereocenters. The maximum absolute atomic E-state index is 12.5. The van der Waals surface area contributed by atoms with Crippen LogP contribution >= 0.6 is 11.3 Å². The van der Waals surface area contributed by atoms with Crippen molar-refractivity contribution < 1.29 is 9.63 Å². The molecule has 0 aliphatic carbocycles. The molecular weight excluding hydrogens is 308 g/mol. The minimum absolute atomic E-state index is 0.0108. The van der Waals surface area contributed by atoms with E-state index in [1.807, 2.05) is 47.8 Å². The van der Waals surface area contributed by atoms with Crippen LogP contribution in [0.4, 0.5) is 0 Å². The van der Waals surface area contributed by atoms with E-state index < -0.39 is 0 Å². The summed E-state index contributed by atoms with van der Waals surface area (Å²) in [6.07, 6.45) is 2.32. The first-order chi connectivity index (χ1) is 11.3. The molecule has 1 amide bonds. The number of rotatable bonds is 6. The number of oxime groups is 1. The van der Waals surface area contributed by atoms with Gasteiger partial charge in [-0.15, -0.1) is 17.9 Å². The molecule has 1 aliphatic heterocycles. The van der Waals surface area contributed by atoms with Gasteiger partial charge in [-0.05, 0) is 17.0 Å². The van der Waals surface area contributed by atoms with Gasteiger partial charge >= 0.3 is 0 Å². The predicted molar refractivity (Wildman–Crippen MR) is 92.9 cm³/mol. The maximum atomic E-state index is 12.5. The molecule has 4 nitrogen and oxygen atoms in total. The Balaban J connectivity index is 1.64. The van der Waals surface area contributed by atoms with Gasteiger partial charge in [-0.2, -0.15) is 0 Å². The highest BCUT2D eigenvalue weighted by Gasteiger charge is 2.26. The van der Waals surface area contributed by atoms with Crippen molar-refractivity contribution in [2.75, 3.05) is 13.1 Å². The van der Waals surface area contributed by atoms with Gasteiger partial charge in [-0.25, -0.2) is 0 Å². The smallest absolute Gasteiger partial charge is 0.264 e. The van der Waals surface area contributed by atoms with Crippen LogP contribution in [0.1, 0.15) is 21.7 Å². The molecule has 0 spiro atoms. The van der Waals surface area contributed by atoms with Crippen molar-refractivity contribution in [2.24, 2.45) is 5.16 Å². The molecule has 0 fully saturated rings. The third-order valence-corrected chi connectivity index (χ3v) is 4.49. The topological polar surface area (TPSA) is 41.9 Å². The summed E-state index contributed by atoms with van der Waals surface area (Å²) in [5.41, 5.74) is 1.99. The minimum Gasteiger partial charge on any atom is -0.390 e. The number of amides is 1. The van der Waals surface area contributed by atoms with Crippen LogP contribution in [0.2, 0.25) is 0 Å². The van der Waals surface area contributed by atoms with E-state index in [1.54, 1.807) is 11.0 Å². The second-order valence-electron chi connectivity index (χ2n) is 5.31. The first-order valence-electron chi connectivity index (χ1n) is 7.49. The van der Waals surface area contributed by atoms with Gasteiger partial charge in [-0.1, -0.05) is 47.6 Å². The number of carbonyl (C=O) groups excluding carboxylic acids is 1. The number of carbonyl (C=O) groups is 1. The zero-order valence-corrected chi connectivity index (χ0v) is 13.5. The molecule has 0 saturated carbocycles. The maximum Gasteiger partial charge on any atom is 0.264 e. The number of benzene rings is 1. The van der Waals surface area contributed by atoms with E-state index in [9.17, 15) is 4.79 Å². The van der Waals surface area contributed by atoms with Crippen LogP contribution in [0.15, 0.2) is 65.7 Å². The summed E-state index contributed by atoms with van der Waals surface area (Å²) in [5.74, 6) is 0.0108. The monoisotopic (exact) mass is 326 g/mol. The molecule has 0 bridgehead atoms. The van der Waals surface area contributed by atoms with Crippen molar-refractivity contribution in [3.63, 3.8) is 0 Å². The molecule has 0 unspecified atom stereocenters. The fraction of sp³-hybridized carbons (Fsp3) is 0.222. The first kappa shape index (κ1) is 15.5. The molecule has 23 heavy (non-hydrogen) atoms. The van der Waals surface area contributed by atoms with Gasteiger partial charge < -0.3 is 9.74 Å². The van der Waals surface area contributed by atoms with Gasteiger partial charge in [0.1, 0.15) is 0 Å². The van der Waals surface area contributed by atoms with Crippen LogP contribution in [0, 0.1) is 0 Å². The third-order valence-electron chi connectivity index (χ3n) is 3.63. The first-order valence-corrected chi connectivity index (χ1v) is 8.37. The highest BCUT2D eigenvalue weighted by molar-refractivity contribution is 7.12. The van der Waals surface area contributed by atoms with Crippen molar-refractivity contribution in [1.29, 1.82) is 0 Å². The number of nitrogens with zero attached hydrogens (tertiary/aromatic N) is 2. The van der Waals surface area contributed by atoms with E-state index in [0.717, 1.165) is 16.2 Å². The lowest BCUT2D eigenvalue weighted by molar-refractivity contribution is 0.0452. The van der Waals surface area contributed by atoms with Gasteiger partial charge in [0.25, 0.3) is 5.91 Å². The number of hydrogen-bond acceptors (Lipinski definition) is 4. The van der Waals surface area contributed by atoms with Gasteiger partial charge in [0.2, 0.25) is 0 Å². The van der Waals surface area contributed by atoms with E-state index in [0.29, 0.717) is 19.5 Å². The van der Waals surface area contributed by atoms with Crippen LogP contribution in [-0.2, 0) is 4.84 Å². The SMILES string of the molecule is C=CCN(C[C@@H]1CC(c2ccccc2)=NO1)C(=O)c1cccs1. The quantitative estimate of drug-likeness (QED) is 0.762. The molecule has 2 heterocycles. The molecule has 1 aliphatic rings. The molecule has 0 saturated heterocycles. The average Bonchev–Trinajstić information content (AvgIpc) is 3.26. The Labute approximate surface area is 139 Å². The molecule has 118 valence electrons. The van der Waals surface area contributed by atoms with Crippen molar-refractivity contribution in [3.8, 4) is 0 Å². The Bertz CT molecular complexity index is 695. The van der Waals surface area contributed by atoms with Gasteiger partial charge in [0.05, 0.1) is 17.1 Å². The predicted octanol–water partition coefficient (Wildman–Crippen LogP) is 3.57. The fourth-order valence-corrected chi connectivity index (χ4v) is 3.22. The zero-order chi connectivity index (χ0) is 16.1. The Hall–Kier alpha value is -2.40. The normalized spacial score (nSPS) is 16.5. The van der Waals surface area contributed by atoms with Gasteiger partial charge in [0, 0.05) is 13.0 Å². The Morgan fingerprint density at radius 2 is 2.17 bits per heavy atom. The van der Waals surface area contributed by atoms with E-state index in [4.69, 9.17) is 4.84 Å². The van der Waals surface area contributed by atoms with E-state index >= 15 is 0 Å². The van der Waals surface area contributed by atoms with Crippen LogP contribution in [0.5, 0.6) is 0 Å². The van der Waals surface area contributed by atoms with Crippen LogP contribution in [-0.4, -0.2) is 35.7 Å². The molecule has 3 rings (SSSR count). The Morgan fingerprint density at radius 1 is 1.35 bits per heavy atom. The van der Waals surface area contributed by atoms with Crippen LogP contribution in [0.3, 0.4) is 0 Å². The summed E-state index contributed by atoms with van der Waals surface area (Å²) in [7, 11) is 0. The second-order valence-corrected chi connectivity index (χ2v) is 6.26. The summed E-state index contributed by atoms with van der Waals surface area (Å²) in [5, 5.41) is 6.08. The van der Waals surface area contributed by atoms with Crippen molar-refractivity contribution in [2.45, 2.75) is 12.5 Å². The van der Waals surface area contributed by atoms with Crippen LogP contribution in [0.25, 0.3) is 0 Å². The average molecular weight is 326 g/mol. The molecule has 0 N–H and O–H groups in total. The molecule has 2 aromatic rings. The van der Waals surface area contributed by atoms with Crippen molar-refractivity contribution >= 4 is 23.0 Å². The molecule has 0 radical (unpaired) electrons. The lowest BCUT2D eigenvalue weighted by Crippen LogP contribution is -2.37. The molecule has 1 aromatic carbocycles. The summed E-state index contributed by atoms with van der Waals surface area (Å²) >= 11 is 1.45. The van der Waals surface area contributed by atoms with E-state index in [-0.39, 0.29) is 12.0 Å². The minimum atomic E-state index is -0.117. The van der Waals surface area contributed by atoms with Crippen molar-refractivity contribution in [3.05, 3.63) is 70.9 Å². The van der Waals surface area contributed by atoms with Gasteiger partial charge in [-0.3, -0.25) is 4.79 Å². The summed E-state index contributed by atoms with van der Waals surface area (Å²) < 4.78 is 0. The Morgan fingerprint density at radius 3 is 2.87 bits per heavy atom. The fourth-order valence-electron chi connectivity index (χ4n) is 2.53. The van der Waals surface area contributed by atoms with Gasteiger partial charge in [0.15, 0.2) is 6.10 Å². The number of thiophene rings is 1. The zero-order valence-electron chi connectivity index (χ0n) is 12.7. The largest absolute Gasteiger partial charge is 0.390 e. The molecule has 1 aromatic heterocycles. The lowest BCUT2D eigenvalue weighted by Gasteiger charge is -2.22. The van der Waals surface area contributed by atoms with E-state index in [2.05, 4.69) is 11.7 Å². The summed E-state index contributed by atoms with van der Waals surface area (Å²) in [6, 6.07) is 13.7. The summed E-state index contributed by atoms with van der Waals surface area (Å²) in [4.78, 5) is 20.5. The standard InChI is InChI=1S/C18H18N2O2S/c1-2-10-20(18(21)17-9-6-11-23-17)13-15-12-16(19-22-15)14-7-4-3-5-8-14/h2-9,11,15H,1,10,12-13H2/t15-/m0/s1. The Kier molecular flexibility index (Phi) is 4.88. The van der Waals surface area contributed by atoms with Crippen molar-refractivity contribution in [1.82, 2.24) is 4.90 Å². The third kappa shape index (κ3) is 3.68. The second kappa shape index (κ2) is 7.24. The number of hydrogen-bond donors (Lipinski definition) is 0. The van der Waals surface area contributed by atoms with Crippen LogP contribution < -0.4 is 0 Å².